The first-order chi connectivity index (χ1) is 13.1. The first kappa shape index (κ1) is 18.9. The van der Waals surface area contributed by atoms with Crippen LogP contribution in [0.3, 0.4) is 0 Å². The molecule has 4 rings (SSSR count). The van der Waals surface area contributed by atoms with Crippen LogP contribution in [0.2, 0.25) is 0 Å². The molecule has 1 saturated heterocycles. The summed E-state index contributed by atoms with van der Waals surface area (Å²) in [4.78, 5) is 18.6. The maximum absolute atomic E-state index is 12.9. The molecule has 1 aromatic carbocycles. The Bertz CT molecular complexity index is 1050. The van der Waals surface area contributed by atoms with E-state index in [0.717, 1.165) is 12.1 Å². The van der Waals surface area contributed by atoms with E-state index in [4.69, 9.17) is 0 Å². The van der Waals surface area contributed by atoms with Gasteiger partial charge >= 0.3 is 6.30 Å². The van der Waals surface area contributed by atoms with Gasteiger partial charge in [-0.1, -0.05) is 0 Å². The largest absolute Gasteiger partial charge is 0.498 e. The molecule has 12 heteroatoms. The molecule has 28 heavy (non-hydrogen) atoms. The van der Waals surface area contributed by atoms with E-state index in [9.17, 15) is 31.5 Å². The number of fused-ring (bicyclic) bond motifs is 2. The Morgan fingerprint density at radius 3 is 2.50 bits per heavy atom. The lowest BCUT2D eigenvalue weighted by molar-refractivity contribution is -0.115. The highest BCUT2D eigenvalue weighted by Gasteiger charge is 2.52. The molecule has 0 aliphatic carbocycles. The number of halogens is 3. The number of Topliss-reactive ketones (excluding diaryl/α,β-unsaturated/α-hetero) is 1. The summed E-state index contributed by atoms with van der Waals surface area (Å²) in [5.41, 5.74) is -1.63. The summed E-state index contributed by atoms with van der Waals surface area (Å²) < 4.78 is 60.1. The topological polar surface area (TPSA) is 90.3 Å². The minimum absolute atomic E-state index is 0.0861. The van der Waals surface area contributed by atoms with Crippen molar-refractivity contribution in [1.29, 1.82) is 0 Å². The van der Waals surface area contributed by atoms with Gasteiger partial charge < -0.3 is 10.0 Å². The van der Waals surface area contributed by atoms with E-state index in [1.165, 1.54) is 23.5 Å². The van der Waals surface area contributed by atoms with Crippen LogP contribution in [0, 0.1) is 0 Å². The third kappa shape index (κ3) is 2.79. The summed E-state index contributed by atoms with van der Waals surface area (Å²) in [6, 6.07) is 6.18. The fraction of sp³-hybridized carbons (Fsp3) is 0.250. The number of aliphatic imine (C=N–C) groups is 1. The average molecular weight is 431 g/mol. The third-order valence-electron chi connectivity index (χ3n) is 4.60. The Balaban J connectivity index is 1.71. The Labute approximate surface area is 162 Å². The monoisotopic (exact) mass is 431 g/mol. The molecule has 2 aliphatic rings. The molecule has 0 radical (unpaired) electrons. The number of hydrogen-bond acceptors (Lipinski definition) is 7. The summed E-state index contributed by atoms with van der Waals surface area (Å²) in [6.07, 6.45) is -5.00. The fourth-order valence-electron chi connectivity index (χ4n) is 3.32. The predicted molar refractivity (Wildman–Crippen MR) is 97.9 cm³/mol. The molecule has 0 bridgehead atoms. The Morgan fingerprint density at radius 2 is 1.89 bits per heavy atom. The smallest absolute Gasteiger partial charge is 0.374 e. The molecule has 1 fully saturated rings. The lowest BCUT2D eigenvalue weighted by Gasteiger charge is -2.28. The number of anilines is 2. The number of hydrogen-bond donors (Lipinski definition) is 2. The van der Waals surface area contributed by atoms with Gasteiger partial charge in [-0.15, -0.1) is 24.5 Å². The first-order valence-electron chi connectivity index (χ1n) is 7.95. The highest BCUT2D eigenvalue weighted by molar-refractivity contribution is 7.74. The highest BCUT2D eigenvalue weighted by Crippen LogP contribution is 2.42. The van der Waals surface area contributed by atoms with Crippen LogP contribution in [0.5, 0.6) is 0 Å². The summed E-state index contributed by atoms with van der Waals surface area (Å²) >= 11 is 1.24. The van der Waals surface area contributed by atoms with E-state index in [0.29, 0.717) is 16.3 Å². The minimum atomic E-state index is -5.08. The number of rotatable bonds is 3. The summed E-state index contributed by atoms with van der Waals surface area (Å²) in [6.45, 7) is 0.230. The Hall–Kier alpha value is -2.44. The van der Waals surface area contributed by atoms with Gasteiger partial charge in [-0.2, -0.15) is 4.31 Å². The Kier molecular flexibility index (Phi) is 4.25. The standard InChI is InChI=1S/C16H12F3N3O4S2/c17-16(18,19)22(28(25)26)10-3-1-9(2-4-10)21-7-6-15(24)12(23)11-5-8-27-13(11)20-14(15)21/h1-5,8,24,28H,6-7H2. The van der Waals surface area contributed by atoms with Gasteiger partial charge in [0.15, 0.2) is 11.4 Å². The van der Waals surface area contributed by atoms with Gasteiger partial charge in [0.25, 0.3) is 0 Å². The van der Waals surface area contributed by atoms with Crippen molar-refractivity contribution >= 4 is 50.2 Å². The normalized spacial score (nSPS) is 21.5. The molecule has 1 aromatic heterocycles. The van der Waals surface area contributed by atoms with Crippen molar-refractivity contribution in [3.05, 3.63) is 41.3 Å². The zero-order valence-corrected chi connectivity index (χ0v) is 15.6. The third-order valence-corrected chi connectivity index (χ3v) is 6.20. The van der Waals surface area contributed by atoms with Crippen LogP contribution in [0.25, 0.3) is 0 Å². The number of carbonyl (C=O) groups is 1. The van der Waals surface area contributed by atoms with Crippen molar-refractivity contribution in [3.8, 4) is 0 Å². The number of nitrogens with zero attached hydrogens (tertiary/aromatic N) is 3. The van der Waals surface area contributed by atoms with E-state index in [1.54, 1.807) is 16.3 Å². The zero-order valence-electron chi connectivity index (χ0n) is 13.9. The second-order valence-corrected chi connectivity index (χ2v) is 7.97. The van der Waals surface area contributed by atoms with Gasteiger partial charge in [0, 0.05) is 18.7 Å². The van der Waals surface area contributed by atoms with Crippen molar-refractivity contribution in [2.75, 3.05) is 15.7 Å². The number of ketones is 1. The van der Waals surface area contributed by atoms with Crippen LogP contribution in [0.1, 0.15) is 16.8 Å². The second-order valence-electron chi connectivity index (χ2n) is 6.20. The number of carbonyl (C=O) groups excluding carboxylic acids is 1. The molecule has 3 heterocycles. The number of amidine groups is 1. The van der Waals surface area contributed by atoms with Gasteiger partial charge in [0.2, 0.25) is 16.7 Å². The molecule has 1 N–H and O–H groups in total. The summed E-state index contributed by atoms with van der Waals surface area (Å²) in [5.74, 6) is -0.345. The first-order valence-corrected chi connectivity index (χ1v) is 9.96. The van der Waals surface area contributed by atoms with Crippen LogP contribution < -0.4 is 9.21 Å². The number of thiol groups is 1. The van der Waals surface area contributed by atoms with Crippen molar-refractivity contribution in [2.45, 2.75) is 18.3 Å². The minimum Gasteiger partial charge on any atom is -0.374 e. The molecule has 7 nitrogen and oxygen atoms in total. The van der Waals surface area contributed by atoms with Gasteiger partial charge in [0.1, 0.15) is 5.00 Å². The summed E-state index contributed by atoms with van der Waals surface area (Å²) in [5, 5.41) is 13.0. The molecular formula is C16H12F3N3O4S2. The van der Waals surface area contributed by atoms with E-state index < -0.39 is 38.6 Å². The molecule has 2 aliphatic heterocycles. The SMILES string of the molecule is O=C1c2ccsc2N=C2N(c3ccc(N([SH](=O)=O)C(F)(F)F)cc3)CCC12O. The van der Waals surface area contributed by atoms with Crippen LogP contribution in [-0.2, 0) is 10.9 Å². The average Bonchev–Trinajstić information content (AvgIpc) is 3.20. The van der Waals surface area contributed by atoms with Crippen molar-refractivity contribution in [2.24, 2.45) is 4.99 Å². The van der Waals surface area contributed by atoms with E-state index in [1.807, 2.05) is 0 Å². The van der Waals surface area contributed by atoms with E-state index in [-0.39, 0.29) is 18.8 Å². The number of alkyl halides is 3. The predicted octanol–water partition coefficient (Wildman–Crippen LogP) is 2.47. The summed E-state index contributed by atoms with van der Waals surface area (Å²) in [7, 11) is -3.91. The van der Waals surface area contributed by atoms with E-state index in [2.05, 4.69) is 4.99 Å². The van der Waals surface area contributed by atoms with Crippen molar-refractivity contribution in [1.82, 2.24) is 0 Å². The molecule has 0 spiro atoms. The van der Waals surface area contributed by atoms with E-state index >= 15 is 0 Å². The molecular weight excluding hydrogens is 419 g/mol. The zero-order chi connectivity index (χ0) is 20.3. The van der Waals surface area contributed by atoms with Crippen LogP contribution in [0.4, 0.5) is 29.5 Å². The molecule has 2 aromatic rings. The molecule has 1 atom stereocenters. The lowest BCUT2D eigenvalue weighted by Crippen LogP contribution is -2.48. The number of benzene rings is 1. The van der Waals surface area contributed by atoms with Crippen molar-refractivity contribution in [3.63, 3.8) is 0 Å². The van der Waals surface area contributed by atoms with Crippen LogP contribution >= 0.6 is 11.3 Å². The molecule has 0 amide bonds. The molecule has 1 unspecified atom stereocenters. The van der Waals surface area contributed by atoms with Gasteiger partial charge in [-0.25, -0.2) is 13.4 Å². The Morgan fingerprint density at radius 1 is 1.21 bits per heavy atom. The van der Waals surface area contributed by atoms with Gasteiger partial charge in [-0.3, -0.25) is 4.79 Å². The van der Waals surface area contributed by atoms with Crippen molar-refractivity contribution < 1.29 is 31.5 Å². The molecule has 0 saturated carbocycles. The highest BCUT2D eigenvalue weighted by atomic mass is 32.2. The van der Waals surface area contributed by atoms with Gasteiger partial charge in [0.05, 0.1) is 11.3 Å². The number of aliphatic hydroxyl groups is 1. The molecule has 148 valence electrons. The van der Waals surface area contributed by atoms with Crippen LogP contribution in [0.15, 0.2) is 40.7 Å². The maximum Gasteiger partial charge on any atom is 0.498 e. The lowest BCUT2D eigenvalue weighted by atomic mass is 9.90. The van der Waals surface area contributed by atoms with Gasteiger partial charge in [-0.05, 0) is 35.7 Å². The number of thiophene rings is 1. The maximum atomic E-state index is 12.9. The van der Waals surface area contributed by atoms with Crippen LogP contribution in [-0.4, -0.2) is 43.6 Å². The quantitative estimate of drug-likeness (QED) is 0.576. The fourth-order valence-corrected chi connectivity index (χ4v) is 4.59. The second kappa shape index (κ2) is 6.29.